The average Bonchev–Trinajstić information content (AvgIpc) is 2.32. The molecule has 4 heteroatoms. The molecule has 1 aromatic rings. The van der Waals surface area contributed by atoms with Crippen LogP contribution >= 0.6 is 0 Å². The Morgan fingerprint density at radius 3 is 2.69 bits per heavy atom. The zero-order valence-electron chi connectivity index (χ0n) is 8.19. The van der Waals surface area contributed by atoms with Crippen LogP contribution in [-0.2, 0) is 0 Å². The fourth-order valence-electron chi connectivity index (χ4n) is 1.66. The van der Waals surface area contributed by atoms with Crippen LogP contribution in [-0.4, -0.2) is 4.98 Å². The molecule has 0 saturated carbocycles. The van der Waals surface area contributed by atoms with Gasteiger partial charge in [0.15, 0.2) is 5.58 Å². The highest BCUT2D eigenvalue weighted by molar-refractivity contribution is 5.70. The minimum atomic E-state index is -0.612. The molecule has 3 rings (SSSR count). The van der Waals surface area contributed by atoms with Gasteiger partial charge in [0.05, 0.1) is 10.9 Å². The van der Waals surface area contributed by atoms with Gasteiger partial charge in [-0.1, -0.05) is 12.1 Å². The summed E-state index contributed by atoms with van der Waals surface area (Å²) >= 11 is 0. The van der Waals surface area contributed by atoms with Crippen molar-refractivity contribution in [3.05, 3.63) is 67.6 Å². The topological polar surface area (TPSA) is 63.1 Å². The molecule has 1 heterocycles. The van der Waals surface area contributed by atoms with Gasteiger partial charge in [-0.2, -0.15) is 0 Å². The number of rotatable bonds is 0. The molecule has 1 aliphatic carbocycles. The standard InChI is InChI=1S/C12H7NO3/c14-9-6-5-8-12(11(9)15)16-10-4-2-1-3-7(10)13-8/h1-6,13H. The summed E-state index contributed by atoms with van der Waals surface area (Å²) in [6.45, 7) is 0. The van der Waals surface area contributed by atoms with E-state index in [1.807, 2.05) is 12.1 Å². The smallest absolute Gasteiger partial charge is 0.270 e. The van der Waals surface area contributed by atoms with Crippen molar-refractivity contribution in [2.75, 3.05) is 0 Å². The molecule has 0 bridgehead atoms. The minimum absolute atomic E-state index is 0.0752. The van der Waals surface area contributed by atoms with E-state index in [9.17, 15) is 9.59 Å². The lowest BCUT2D eigenvalue weighted by Crippen LogP contribution is -2.23. The first kappa shape index (κ1) is 8.91. The maximum Gasteiger partial charge on any atom is 0.270 e. The molecule has 0 aromatic heterocycles. The summed E-state index contributed by atoms with van der Waals surface area (Å²) in [7, 11) is 0. The molecule has 1 aliphatic heterocycles. The van der Waals surface area contributed by atoms with Crippen molar-refractivity contribution in [3.8, 4) is 0 Å². The molecular weight excluding hydrogens is 206 g/mol. The van der Waals surface area contributed by atoms with Crippen LogP contribution in [0.15, 0.2) is 50.4 Å². The Bertz CT molecular complexity index is 844. The molecule has 4 nitrogen and oxygen atoms in total. The molecule has 78 valence electrons. The molecule has 0 fully saturated rings. The largest absolute Gasteiger partial charge is 0.449 e. The van der Waals surface area contributed by atoms with Gasteiger partial charge in [0.2, 0.25) is 10.8 Å². The lowest BCUT2D eigenvalue weighted by molar-refractivity contribution is 0.555. The fourth-order valence-corrected chi connectivity index (χ4v) is 1.66. The van der Waals surface area contributed by atoms with Gasteiger partial charge in [0.25, 0.3) is 5.43 Å². The minimum Gasteiger partial charge on any atom is -0.449 e. The van der Waals surface area contributed by atoms with Gasteiger partial charge >= 0.3 is 0 Å². The van der Waals surface area contributed by atoms with Crippen molar-refractivity contribution in [3.63, 3.8) is 0 Å². The molecule has 0 saturated heterocycles. The third-order valence-corrected chi connectivity index (χ3v) is 2.44. The second kappa shape index (κ2) is 3.06. The van der Waals surface area contributed by atoms with Crippen LogP contribution in [0, 0.1) is 10.8 Å². The quantitative estimate of drug-likeness (QED) is 0.571. The van der Waals surface area contributed by atoms with Crippen molar-refractivity contribution in [1.82, 2.24) is 4.98 Å². The third kappa shape index (κ3) is 1.16. The van der Waals surface area contributed by atoms with E-state index >= 15 is 0 Å². The van der Waals surface area contributed by atoms with Gasteiger partial charge < -0.3 is 9.40 Å². The number of H-pyrrole nitrogens is 1. The third-order valence-electron chi connectivity index (χ3n) is 2.44. The van der Waals surface area contributed by atoms with Crippen molar-refractivity contribution in [2.45, 2.75) is 0 Å². The Balaban J connectivity index is 2.70. The number of aromatic amines is 1. The van der Waals surface area contributed by atoms with E-state index in [-0.39, 0.29) is 5.42 Å². The first-order valence-electron chi connectivity index (χ1n) is 4.80. The van der Waals surface area contributed by atoms with E-state index in [0.29, 0.717) is 10.9 Å². The molecule has 2 aliphatic rings. The number of nitrogens with one attached hydrogen (secondary N) is 1. The number of hydrogen-bond donors (Lipinski definition) is 1. The first-order valence-corrected chi connectivity index (χ1v) is 4.80. The van der Waals surface area contributed by atoms with Crippen LogP contribution in [0.5, 0.6) is 0 Å². The average molecular weight is 213 g/mol. The summed E-state index contributed by atoms with van der Waals surface area (Å²) in [5.41, 5.74) is 0.247. The monoisotopic (exact) mass is 213 g/mol. The second-order valence-corrected chi connectivity index (χ2v) is 3.49. The van der Waals surface area contributed by atoms with Gasteiger partial charge in [0.1, 0.15) is 0 Å². The lowest BCUT2D eigenvalue weighted by atomic mass is 10.3. The molecule has 16 heavy (non-hydrogen) atoms. The SMILES string of the molecule is O=c1ccc2[nH]c3ccccc3oc=2c1=O. The predicted molar refractivity (Wildman–Crippen MR) is 58.4 cm³/mol. The van der Waals surface area contributed by atoms with Crippen LogP contribution in [0.1, 0.15) is 0 Å². The van der Waals surface area contributed by atoms with Crippen molar-refractivity contribution in [2.24, 2.45) is 0 Å². The van der Waals surface area contributed by atoms with Gasteiger partial charge in [-0.3, -0.25) is 9.59 Å². The van der Waals surface area contributed by atoms with Gasteiger partial charge in [0, 0.05) is 0 Å². The molecular formula is C12H7NO3. The number of benzene rings is 1. The van der Waals surface area contributed by atoms with Crippen LogP contribution in [0.4, 0.5) is 0 Å². The Hall–Kier alpha value is -2.36. The summed E-state index contributed by atoms with van der Waals surface area (Å²) in [5.74, 6) is 0. The highest BCUT2D eigenvalue weighted by Crippen LogP contribution is 2.09. The molecule has 0 spiro atoms. The highest BCUT2D eigenvalue weighted by atomic mass is 16.3. The van der Waals surface area contributed by atoms with Crippen LogP contribution in [0.2, 0.25) is 0 Å². The molecule has 0 atom stereocenters. The summed E-state index contributed by atoms with van der Waals surface area (Å²) < 4.78 is 5.41. The second-order valence-electron chi connectivity index (χ2n) is 3.49. The normalized spacial score (nSPS) is 11.0. The summed E-state index contributed by atoms with van der Waals surface area (Å²) in [6, 6.07) is 10.0. The summed E-state index contributed by atoms with van der Waals surface area (Å²) in [5, 5.41) is 0.531. The lowest BCUT2D eigenvalue weighted by Gasteiger charge is -1.98. The van der Waals surface area contributed by atoms with E-state index in [2.05, 4.69) is 4.98 Å². The molecule has 1 aromatic carbocycles. The zero-order valence-corrected chi connectivity index (χ0v) is 8.19. The Kier molecular flexibility index (Phi) is 1.71. The number of para-hydroxylation sites is 2. The van der Waals surface area contributed by atoms with E-state index in [4.69, 9.17) is 4.42 Å². The van der Waals surface area contributed by atoms with Crippen molar-refractivity contribution < 1.29 is 4.42 Å². The number of aromatic nitrogens is 1. The van der Waals surface area contributed by atoms with E-state index in [1.165, 1.54) is 6.07 Å². The van der Waals surface area contributed by atoms with E-state index in [1.54, 1.807) is 18.2 Å². The number of fused-ring (bicyclic) bond motifs is 1. The summed E-state index contributed by atoms with van der Waals surface area (Å²) in [6.07, 6.45) is 0. The first-order chi connectivity index (χ1) is 7.75. The Morgan fingerprint density at radius 1 is 1.00 bits per heavy atom. The fraction of sp³-hybridized carbons (Fsp3) is 0. The van der Waals surface area contributed by atoms with Crippen LogP contribution < -0.4 is 10.9 Å². The van der Waals surface area contributed by atoms with Gasteiger partial charge in [-0.15, -0.1) is 0 Å². The molecule has 0 unspecified atom stereocenters. The Morgan fingerprint density at radius 2 is 1.81 bits per heavy atom. The van der Waals surface area contributed by atoms with Crippen molar-refractivity contribution >= 4 is 11.1 Å². The zero-order chi connectivity index (χ0) is 11.1. The molecule has 1 N–H and O–H groups in total. The van der Waals surface area contributed by atoms with E-state index in [0.717, 1.165) is 5.52 Å². The number of hydrogen-bond acceptors (Lipinski definition) is 3. The van der Waals surface area contributed by atoms with Crippen molar-refractivity contribution in [1.29, 1.82) is 0 Å². The van der Waals surface area contributed by atoms with Gasteiger partial charge in [-0.25, -0.2) is 0 Å². The van der Waals surface area contributed by atoms with Crippen LogP contribution in [0.3, 0.4) is 0 Å². The van der Waals surface area contributed by atoms with E-state index < -0.39 is 10.9 Å². The maximum absolute atomic E-state index is 11.5. The van der Waals surface area contributed by atoms with Crippen LogP contribution in [0.25, 0.3) is 11.1 Å². The Labute approximate surface area is 88.8 Å². The highest BCUT2D eigenvalue weighted by Gasteiger charge is 2.02. The molecule has 0 amide bonds. The maximum atomic E-state index is 11.5. The van der Waals surface area contributed by atoms with Gasteiger partial charge in [-0.05, 0) is 24.3 Å². The predicted octanol–water partition coefficient (Wildman–Crippen LogP) is 1.21. The summed E-state index contributed by atoms with van der Waals surface area (Å²) in [4.78, 5) is 25.8. The molecule has 0 radical (unpaired) electrons.